The molecule has 2 aromatic rings. The smallest absolute Gasteiger partial charge is 0.102 e. The first kappa shape index (κ1) is 17.8. The van der Waals surface area contributed by atoms with E-state index in [4.69, 9.17) is 5.73 Å². The normalized spacial score (nSPS) is 12.8. The molecule has 0 amide bonds. The molecular formula is C22H24N4. The van der Waals surface area contributed by atoms with Crippen molar-refractivity contribution in [2.45, 2.75) is 39.5 Å². The van der Waals surface area contributed by atoms with Gasteiger partial charge in [0.2, 0.25) is 0 Å². The summed E-state index contributed by atoms with van der Waals surface area (Å²) in [5.74, 6) is 0. The van der Waals surface area contributed by atoms with E-state index in [1.54, 1.807) is 0 Å². The van der Waals surface area contributed by atoms with Gasteiger partial charge in [0.05, 0.1) is 16.8 Å². The first-order valence-corrected chi connectivity index (χ1v) is 9.28. The Morgan fingerprint density at radius 2 is 1.50 bits per heavy atom. The van der Waals surface area contributed by atoms with Crippen molar-refractivity contribution >= 4 is 11.4 Å². The van der Waals surface area contributed by atoms with E-state index in [1.165, 1.54) is 5.69 Å². The van der Waals surface area contributed by atoms with Gasteiger partial charge in [0.15, 0.2) is 0 Å². The van der Waals surface area contributed by atoms with Crippen LogP contribution in [0.5, 0.6) is 0 Å². The number of nitrogens with two attached hydrogens (primary N) is 1. The molecule has 0 radical (unpaired) electrons. The van der Waals surface area contributed by atoms with E-state index in [0.29, 0.717) is 16.8 Å². The maximum Gasteiger partial charge on any atom is 0.102 e. The van der Waals surface area contributed by atoms with Gasteiger partial charge in [0, 0.05) is 24.3 Å². The van der Waals surface area contributed by atoms with Gasteiger partial charge in [-0.1, -0.05) is 12.1 Å². The highest BCUT2D eigenvalue weighted by Crippen LogP contribution is 2.40. The minimum atomic E-state index is 0.332. The van der Waals surface area contributed by atoms with E-state index in [0.717, 1.165) is 61.0 Å². The highest BCUT2D eigenvalue weighted by atomic mass is 15.1. The van der Waals surface area contributed by atoms with Gasteiger partial charge < -0.3 is 10.6 Å². The number of nitriles is 2. The SMILES string of the molecule is CCN(CC)c1ccc(-c2c(C#N)c(N)c(C#N)c3c2CCCC3)cc1. The zero-order valence-corrected chi connectivity index (χ0v) is 15.5. The fourth-order valence-corrected chi connectivity index (χ4v) is 4.02. The van der Waals surface area contributed by atoms with Gasteiger partial charge in [-0.3, -0.25) is 0 Å². The van der Waals surface area contributed by atoms with Crippen LogP contribution in [0.15, 0.2) is 24.3 Å². The zero-order chi connectivity index (χ0) is 18.7. The second-order valence-electron chi connectivity index (χ2n) is 6.65. The fourth-order valence-electron chi connectivity index (χ4n) is 4.02. The summed E-state index contributed by atoms with van der Waals surface area (Å²) >= 11 is 0. The predicted octanol–water partition coefficient (Wildman–Crippen LogP) is 4.40. The van der Waals surface area contributed by atoms with Crippen LogP contribution in [0.4, 0.5) is 11.4 Å². The van der Waals surface area contributed by atoms with Crippen LogP contribution in [-0.2, 0) is 12.8 Å². The maximum absolute atomic E-state index is 9.75. The summed E-state index contributed by atoms with van der Waals surface area (Å²) < 4.78 is 0. The monoisotopic (exact) mass is 344 g/mol. The molecule has 0 unspecified atom stereocenters. The quantitative estimate of drug-likeness (QED) is 0.834. The third kappa shape index (κ3) is 2.89. The van der Waals surface area contributed by atoms with E-state index in [1.807, 2.05) is 0 Å². The van der Waals surface area contributed by atoms with Gasteiger partial charge in [-0.25, -0.2) is 0 Å². The Hall–Kier alpha value is -2.98. The van der Waals surface area contributed by atoms with Crippen molar-refractivity contribution < 1.29 is 0 Å². The molecule has 2 N–H and O–H groups in total. The molecule has 0 spiro atoms. The summed E-state index contributed by atoms with van der Waals surface area (Å²) in [4.78, 5) is 2.29. The number of hydrogen-bond donors (Lipinski definition) is 1. The first-order valence-electron chi connectivity index (χ1n) is 9.28. The largest absolute Gasteiger partial charge is 0.397 e. The first-order chi connectivity index (χ1) is 12.7. The van der Waals surface area contributed by atoms with Gasteiger partial charge in [-0.15, -0.1) is 0 Å². The van der Waals surface area contributed by atoms with Crippen molar-refractivity contribution in [3.8, 4) is 23.3 Å². The second kappa shape index (κ2) is 7.50. The highest BCUT2D eigenvalue weighted by Gasteiger charge is 2.25. The van der Waals surface area contributed by atoms with Crippen LogP contribution >= 0.6 is 0 Å². The standard InChI is InChI=1S/C22H24N4/c1-3-26(4-2)16-11-9-15(10-12-16)21-18-8-6-5-7-17(18)19(13-23)22(25)20(21)14-24/h9-12H,3-8,25H2,1-2H3. The lowest BCUT2D eigenvalue weighted by Crippen LogP contribution is -2.21. The van der Waals surface area contributed by atoms with Crippen LogP contribution < -0.4 is 10.6 Å². The molecule has 0 saturated heterocycles. The molecule has 26 heavy (non-hydrogen) atoms. The van der Waals surface area contributed by atoms with E-state index in [2.05, 4.69) is 55.2 Å². The third-order valence-corrected chi connectivity index (χ3v) is 5.37. The molecule has 0 heterocycles. The number of nitrogen functional groups attached to an aromatic ring is 1. The number of anilines is 2. The van der Waals surface area contributed by atoms with E-state index >= 15 is 0 Å². The Morgan fingerprint density at radius 1 is 0.923 bits per heavy atom. The van der Waals surface area contributed by atoms with Crippen molar-refractivity contribution in [1.29, 1.82) is 10.5 Å². The molecule has 132 valence electrons. The average molecular weight is 344 g/mol. The Bertz CT molecular complexity index is 894. The lowest BCUT2D eigenvalue weighted by atomic mass is 9.80. The Kier molecular flexibility index (Phi) is 5.14. The Morgan fingerprint density at radius 3 is 2.04 bits per heavy atom. The van der Waals surface area contributed by atoms with E-state index in [9.17, 15) is 10.5 Å². The lowest BCUT2D eigenvalue weighted by Gasteiger charge is -2.25. The predicted molar refractivity (Wildman–Crippen MR) is 106 cm³/mol. The molecule has 4 heteroatoms. The average Bonchev–Trinajstić information content (AvgIpc) is 2.68. The molecule has 0 aromatic heterocycles. The second-order valence-corrected chi connectivity index (χ2v) is 6.65. The fraction of sp³-hybridized carbons (Fsp3) is 0.364. The van der Waals surface area contributed by atoms with Gasteiger partial charge in [-0.2, -0.15) is 10.5 Å². The number of fused-ring (bicyclic) bond motifs is 1. The summed E-state index contributed by atoms with van der Waals surface area (Å²) in [5.41, 5.74) is 12.8. The van der Waals surface area contributed by atoms with Crippen LogP contribution in [0.2, 0.25) is 0 Å². The minimum Gasteiger partial charge on any atom is -0.397 e. The molecule has 0 atom stereocenters. The van der Waals surface area contributed by atoms with Crippen molar-refractivity contribution in [3.05, 3.63) is 46.5 Å². The maximum atomic E-state index is 9.75. The molecule has 1 aliphatic rings. The molecule has 1 aliphatic carbocycles. The minimum absolute atomic E-state index is 0.332. The van der Waals surface area contributed by atoms with Crippen LogP contribution in [0.25, 0.3) is 11.1 Å². The summed E-state index contributed by atoms with van der Waals surface area (Å²) in [6.07, 6.45) is 3.90. The van der Waals surface area contributed by atoms with Crippen molar-refractivity contribution in [2.24, 2.45) is 0 Å². The zero-order valence-electron chi connectivity index (χ0n) is 15.5. The summed E-state index contributed by atoms with van der Waals surface area (Å²) in [6, 6.07) is 12.8. The lowest BCUT2D eigenvalue weighted by molar-refractivity contribution is 0.685. The van der Waals surface area contributed by atoms with Gasteiger partial charge in [0.25, 0.3) is 0 Å². The molecule has 0 fully saturated rings. The van der Waals surface area contributed by atoms with Crippen molar-refractivity contribution in [3.63, 3.8) is 0 Å². The van der Waals surface area contributed by atoms with Crippen LogP contribution in [0.1, 0.15) is 48.9 Å². The summed E-state index contributed by atoms with van der Waals surface area (Å²) in [7, 11) is 0. The van der Waals surface area contributed by atoms with Crippen molar-refractivity contribution in [2.75, 3.05) is 23.7 Å². The van der Waals surface area contributed by atoms with E-state index in [-0.39, 0.29) is 0 Å². The topological polar surface area (TPSA) is 76.8 Å². The molecule has 4 nitrogen and oxygen atoms in total. The number of rotatable bonds is 4. The molecular weight excluding hydrogens is 320 g/mol. The number of benzene rings is 2. The van der Waals surface area contributed by atoms with Crippen LogP contribution in [0.3, 0.4) is 0 Å². The summed E-state index contributed by atoms with van der Waals surface area (Å²) in [6.45, 7) is 6.20. The van der Waals surface area contributed by atoms with Gasteiger partial charge >= 0.3 is 0 Å². The van der Waals surface area contributed by atoms with Crippen molar-refractivity contribution in [1.82, 2.24) is 0 Å². The Balaban J connectivity index is 2.21. The molecule has 0 saturated carbocycles. The number of hydrogen-bond acceptors (Lipinski definition) is 4. The summed E-state index contributed by atoms with van der Waals surface area (Å²) in [5, 5.41) is 19.3. The van der Waals surface area contributed by atoms with Crippen LogP contribution in [0, 0.1) is 22.7 Å². The third-order valence-electron chi connectivity index (χ3n) is 5.37. The van der Waals surface area contributed by atoms with Gasteiger partial charge in [-0.05, 0) is 68.4 Å². The molecule has 0 aliphatic heterocycles. The highest BCUT2D eigenvalue weighted by molar-refractivity contribution is 5.85. The van der Waals surface area contributed by atoms with Crippen LogP contribution in [-0.4, -0.2) is 13.1 Å². The Labute approximate surface area is 155 Å². The number of nitrogens with zero attached hydrogens (tertiary/aromatic N) is 3. The molecule has 0 bridgehead atoms. The van der Waals surface area contributed by atoms with E-state index < -0.39 is 0 Å². The van der Waals surface area contributed by atoms with Gasteiger partial charge in [0.1, 0.15) is 12.1 Å². The molecule has 3 rings (SSSR count). The molecule has 2 aromatic carbocycles.